The van der Waals surface area contributed by atoms with E-state index in [4.69, 9.17) is 23.2 Å². The van der Waals surface area contributed by atoms with Crippen LogP contribution in [0.15, 0.2) is 30.3 Å². The second-order valence-electron chi connectivity index (χ2n) is 3.81. The topological polar surface area (TPSA) is 25.8 Å². The van der Waals surface area contributed by atoms with Gasteiger partial charge < -0.3 is 0 Å². The first-order chi connectivity index (χ1) is 8.88. The van der Waals surface area contributed by atoms with Crippen LogP contribution in [0.2, 0.25) is 10.2 Å². The number of halogens is 5. The average molecular weight is 307 g/mol. The molecule has 0 aliphatic rings. The van der Waals surface area contributed by atoms with Crippen LogP contribution in [0.1, 0.15) is 16.8 Å². The van der Waals surface area contributed by atoms with E-state index >= 15 is 0 Å². The Morgan fingerprint density at radius 2 is 1.74 bits per heavy atom. The summed E-state index contributed by atoms with van der Waals surface area (Å²) < 4.78 is 38.4. The van der Waals surface area contributed by atoms with E-state index in [1.165, 1.54) is 24.3 Å². The lowest BCUT2D eigenvalue weighted by atomic mass is 10.0. The summed E-state index contributed by atoms with van der Waals surface area (Å²) >= 11 is 11.4. The highest BCUT2D eigenvalue weighted by atomic mass is 35.5. The Balaban J connectivity index is 2.36. The van der Waals surface area contributed by atoms with Crippen LogP contribution in [0.5, 0.6) is 0 Å². The monoisotopic (exact) mass is 306 g/mol. The van der Waals surface area contributed by atoms with E-state index in [0.29, 0.717) is 5.69 Å². The van der Waals surface area contributed by atoms with Gasteiger partial charge in [0.1, 0.15) is 0 Å². The van der Waals surface area contributed by atoms with Crippen molar-refractivity contribution in [3.8, 4) is 0 Å². The quantitative estimate of drug-likeness (QED) is 0.822. The molecule has 0 saturated carbocycles. The summed E-state index contributed by atoms with van der Waals surface area (Å²) in [5, 5.41) is 7.48. The molecule has 0 fully saturated rings. The highest BCUT2D eigenvalue weighted by molar-refractivity contribution is 6.41. The fraction of sp³-hybridized carbons (Fsp3) is 0.167. The third-order valence-corrected chi connectivity index (χ3v) is 3.12. The van der Waals surface area contributed by atoms with Crippen LogP contribution in [0, 0.1) is 0 Å². The lowest BCUT2D eigenvalue weighted by Crippen LogP contribution is -2.09. The number of hydrogen-bond donors (Lipinski definition) is 0. The fourth-order valence-electron chi connectivity index (χ4n) is 1.62. The summed E-state index contributed by atoms with van der Waals surface area (Å²) in [6.07, 6.45) is -4.42. The molecule has 2 nitrogen and oxygen atoms in total. The Morgan fingerprint density at radius 3 is 2.37 bits per heavy atom. The van der Waals surface area contributed by atoms with Gasteiger partial charge in [0, 0.05) is 6.42 Å². The SMILES string of the molecule is FC(F)(F)c1ccccc1Cc1cc(Cl)c(Cl)nn1. The van der Waals surface area contributed by atoms with Crippen molar-refractivity contribution in [2.24, 2.45) is 0 Å². The lowest BCUT2D eigenvalue weighted by Gasteiger charge is -2.12. The minimum atomic E-state index is -4.40. The molecule has 1 heterocycles. The molecule has 2 rings (SSSR count). The molecule has 0 unspecified atom stereocenters. The van der Waals surface area contributed by atoms with E-state index in [-0.39, 0.29) is 22.2 Å². The maximum atomic E-state index is 12.8. The summed E-state index contributed by atoms with van der Waals surface area (Å²) in [7, 11) is 0. The van der Waals surface area contributed by atoms with E-state index < -0.39 is 11.7 Å². The minimum Gasteiger partial charge on any atom is -0.166 e. The van der Waals surface area contributed by atoms with E-state index in [1.807, 2.05) is 0 Å². The number of alkyl halides is 3. The van der Waals surface area contributed by atoms with Gasteiger partial charge in [-0.1, -0.05) is 41.4 Å². The second-order valence-corrected chi connectivity index (χ2v) is 4.57. The van der Waals surface area contributed by atoms with Gasteiger partial charge in [0.15, 0.2) is 5.15 Å². The molecule has 0 saturated heterocycles. The molecule has 2 aromatic rings. The number of rotatable bonds is 2. The molecule has 0 N–H and O–H groups in total. The van der Waals surface area contributed by atoms with Gasteiger partial charge in [0.25, 0.3) is 0 Å². The standard InChI is InChI=1S/C12H7Cl2F3N2/c13-10-6-8(18-19-11(10)14)5-7-3-1-2-4-9(7)12(15,16)17/h1-4,6H,5H2. The molecule has 7 heteroatoms. The highest BCUT2D eigenvalue weighted by Crippen LogP contribution is 2.32. The molecule has 0 aliphatic heterocycles. The summed E-state index contributed by atoms with van der Waals surface area (Å²) in [5.74, 6) is 0. The van der Waals surface area contributed by atoms with Gasteiger partial charge in [-0.25, -0.2) is 0 Å². The summed E-state index contributed by atoms with van der Waals surface area (Å²) in [6, 6.07) is 6.71. The number of aromatic nitrogens is 2. The maximum Gasteiger partial charge on any atom is 0.416 e. The third kappa shape index (κ3) is 3.36. The largest absolute Gasteiger partial charge is 0.416 e. The lowest BCUT2D eigenvalue weighted by molar-refractivity contribution is -0.138. The van der Waals surface area contributed by atoms with Crippen LogP contribution < -0.4 is 0 Å². The van der Waals surface area contributed by atoms with Crippen LogP contribution >= 0.6 is 23.2 Å². The Hall–Kier alpha value is -1.33. The predicted molar refractivity (Wildman–Crippen MR) is 66.3 cm³/mol. The molecule has 0 amide bonds. The smallest absolute Gasteiger partial charge is 0.166 e. The second kappa shape index (κ2) is 5.35. The van der Waals surface area contributed by atoms with E-state index in [2.05, 4.69) is 10.2 Å². The number of hydrogen-bond acceptors (Lipinski definition) is 2. The maximum absolute atomic E-state index is 12.8. The molecule has 19 heavy (non-hydrogen) atoms. The van der Waals surface area contributed by atoms with Crippen molar-refractivity contribution in [3.05, 3.63) is 57.3 Å². The van der Waals surface area contributed by atoms with Gasteiger partial charge in [0.2, 0.25) is 0 Å². The molecular formula is C12H7Cl2F3N2. The van der Waals surface area contributed by atoms with Gasteiger partial charge in [0.05, 0.1) is 16.3 Å². The van der Waals surface area contributed by atoms with Crippen LogP contribution in [-0.4, -0.2) is 10.2 Å². The van der Waals surface area contributed by atoms with Gasteiger partial charge in [-0.3, -0.25) is 0 Å². The zero-order valence-corrected chi connectivity index (χ0v) is 10.9. The van der Waals surface area contributed by atoms with Crippen molar-refractivity contribution in [2.45, 2.75) is 12.6 Å². The van der Waals surface area contributed by atoms with E-state index in [9.17, 15) is 13.2 Å². The molecule has 0 aliphatic carbocycles. The minimum absolute atomic E-state index is 0.0143. The first-order valence-corrected chi connectivity index (χ1v) is 5.96. The summed E-state index contributed by atoms with van der Waals surface area (Å²) in [5.41, 5.74) is -0.253. The Labute approximate surface area is 117 Å². The molecule has 100 valence electrons. The van der Waals surface area contributed by atoms with Gasteiger partial charge in [-0.05, 0) is 17.7 Å². The molecule has 1 aromatic carbocycles. The van der Waals surface area contributed by atoms with Crippen molar-refractivity contribution in [1.29, 1.82) is 0 Å². The molecule has 0 bridgehead atoms. The molecule has 0 radical (unpaired) electrons. The zero-order valence-electron chi connectivity index (χ0n) is 9.38. The summed E-state index contributed by atoms with van der Waals surface area (Å²) in [6.45, 7) is 0. The predicted octanol–water partition coefficient (Wildman–Crippen LogP) is 4.39. The van der Waals surface area contributed by atoms with Crippen molar-refractivity contribution in [1.82, 2.24) is 10.2 Å². The normalized spacial score (nSPS) is 11.6. The third-order valence-electron chi connectivity index (χ3n) is 2.45. The average Bonchev–Trinajstić information content (AvgIpc) is 2.33. The van der Waals surface area contributed by atoms with Crippen molar-refractivity contribution in [3.63, 3.8) is 0 Å². The number of nitrogens with zero attached hydrogens (tertiary/aromatic N) is 2. The Bertz CT molecular complexity index is 600. The van der Waals surface area contributed by atoms with Crippen molar-refractivity contribution < 1.29 is 13.2 Å². The zero-order chi connectivity index (χ0) is 14.0. The molecular weight excluding hydrogens is 300 g/mol. The number of benzene rings is 1. The Morgan fingerprint density at radius 1 is 1.05 bits per heavy atom. The highest BCUT2D eigenvalue weighted by Gasteiger charge is 2.32. The summed E-state index contributed by atoms with van der Waals surface area (Å²) in [4.78, 5) is 0. The van der Waals surface area contributed by atoms with Crippen LogP contribution in [0.3, 0.4) is 0 Å². The van der Waals surface area contributed by atoms with Gasteiger partial charge >= 0.3 is 6.18 Å². The molecule has 0 atom stereocenters. The van der Waals surface area contributed by atoms with Crippen LogP contribution in [0.4, 0.5) is 13.2 Å². The van der Waals surface area contributed by atoms with Crippen LogP contribution in [-0.2, 0) is 12.6 Å². The molecule has 0 spiro atoms. The fourth-order valence-corrected chi connectivity index (χ4v) is 1.88. The first kappa shape index (κ1) is 14.1. The first-order valence-electron chi connectivity index (χ1n) is 5.20. The van der Waals surface area contributed by atoms with Gasteiger partial charge in [-0.15, -0.1) is 5.10 Å². The molecule has 1 aromatic heterocycles. The van der Waals surface area contributed by atoms with E-state index in [1.54, 1.807) is 0 Å². The van der Waals surface area contributed by atoms with Crippen molar-refractivity contribution in [2.75, 3.05) is 0 Å². The van der Waals surface area contributed by atoms with Crippen LogP contribution in [0.25, 0.3) is 0 Å². The van der Waals surface area contributed by atoms with E-state index in [0.717, 1.165) is 6.07 Å². The van der Waals surface area contributed by atoms with Crippen molar-refractivity contribution >= 4 is 23.2 Å². The van der Waals surface area contributed by atoms with Gasteiger partial charge in [-0.2, -0.15) is 18.3 Å². The Kier molecular flexibility index (Phi) is 3.96.